The van der Waals surface area contributed by atoms with Crippen molar-refractivity contribution in [3.05, 3.63) is 23.9 Å². The molecule has 6 heteroatoms. The third-order valence-electron chi connectivity index (χ3n) is 2.70. The third-order valence-corrected chi connectivity index (χ3v) is 2.70. The number of pyridine rings is 1. The maximum absolute atomic E-state index is 12.3. The van der Waals surface area contributed by atoms with E-state index in [1.165, 1.54) is 0 Å². The highest BCUT2D eigenvalue weighted by Crippen LogP contribution is 2.28. The molecule has 0 bridgehead atoms. The van der Waals surface area contributed by atoms with Gasteiger partial charge >= 0.3 is 6.18 Å². The molecule has 0 radical (unpaired) electrons. The van der Waals surface area contributed by atoms with Gasteiger partial charge in [-0.1, -0.05) is 13.8 Å². The molecule has 1 heterocycles. The number of rotatable bonds is 4. The number of carbonyl (C=O) groups is 1. The molecule has 1 aromatic rings. The quantitative estimate of drug-likeness (QED) is 0.900. The molecule has 0 spiro atoms. The predicted octanol–water partition coefficient (Wildman–Crippen LogP) is 3.48. The summed E-state index contributed by atoms with van der Waals surface area (Å²) in [4.78, 5) is 15.3. The smallest absolute Gasteiger partial charge is 0.310 e. The minimum absolute atomic E-state index is 0.139. The first-order valence-electron chi connectivity index (χ1n) is 5.72. The maximum atomic E-state index is 12.3. The van der Waals surface area contributed by atoms with E-state index in [2.05, 4.69) is 10.3 Å². The standard InChI is InChI=1S/C12H15F3N2O/c1-3-8(4-2)11(18)17-10-6-5-9(7-16-10)12(13,14)15/h5-8H,3-4H2,1-2H3,(H,16,17,18). The summed E-state index contributed by atoms with van der Waals surface area (Å²) in [5.74, 6) is -0.221. The number of alkyl halides is 3. The molecule has 0 aliphatic heterocycles. The van der Waals surface area contributed by atoms with Crippen LogP contribution in [0.1, 0.15) is 32.3 Å². The van der Waals surface area contributed by atoms with Crippen LogP contribution in [0, 0.1) is 5.92 Å². The van der Waals surface area contributed by atoms with Gasteiger partial charge in [0.1, 0.15) is 5.82 Å². The van der Waals surface area contributed by atoms with Crippen molar-refractivity contribution in [2.75, 3.05) is 5.32 Å². The molecular weight excluding hydrogens is 245 g/mol. The lowest BCUT2D eigenvalue weighted by atomic mass is 10.0. The van der Waals surface area contributed by atoms with Gasteiger partial charge < -0.3 is 5.32 Å². The summed E-state index contributed by atoms with van der Waals surface area (Å²) in [7, 11) is 0. The highest BCUT2D eigenvalue weighted by atomic mass is 19.4. The molecular formula is C12H15F3N2O. The van der Waals surface area contributed by atoms with Crippen LogP contribution in [0.3, 0.4) is 0 Å². The zero-order valence-corrected chi connectivity index (χ0v) is 10.2. The maximum Gasteiger partial charge on any atom is 0.417 e. The second kappa shape index (κ2) is 5.84. The van der Waals surface area contributed by atoms with Gasteiger partial charge in [-0.15, -0.1) is 0 Å². The van der Waals surface area contributed by atoms with E-state index in [0.717, 1.165) is 12.1 Å². The molecule has 100 valence electrons. The average Bonchev–Trinajstić information content (AvgIpc) is 2.30. The third kappa shape index (κ3) is 3.72. The first-order valence-corrected chi connectivity index (χ1v) is 5.72. The minimum Gasteiger partial charge on any atom is -0.310 e. The van der Waals surface area contributed by atoms with E-state index in [0.29, 0.717) is 19.0 Å². The molecule has 0 atom stereocenters. The van der Waals surface area contributed by atoms with Crippen LogP contribution in [0.25, 0.3) is 0 Å². The van der Waals surface area contributed by atoms with Crippen LogP contribution < -0.4 is 5.32 Å². The minimum atomic E-state index is -4.41. The van der Waals surface area contributed by atoms with Crippen LogP contribution in [0.2, 0.25) is 0 Å². The van der Waals surface area contributed by atoms with E-state index in [1.54, 1.807) is 0 Å². The van der Waals surface area contributed by atoms with Crippen LogP contribution in [-0.4, -0.2) is 10.9 Å². The van der Waals surface area contributed by atoms with E-state index in [9.17, 15) is 18.0 Å². The lowest BCUT2D eigenvalue weighted by Crippen LogP contribution is -2.22. The normalized spacial score (nSPS) is 11.7. The van der Waals surface area contributed by atoms with Crippen molar-refractivity contribution in [3.63, 3.8) is 0 Å². The predicted molar refractivity (Wildman–Crippen MR) is 61.9 cm³/mol. The number of hydrogen-bond acceptors (Lipinski definition) is 2. The summed E-state index contributed by atoms with van der Waals surface area (Å²) < 4.78 is 36.9. The molecule has 0 aliphatic carbocycles. The summed E-state index contributed by atoms with van der Waals surface area (Å²) in [6, 6.07) is 2.05. The lowest BCUT2D eigenvalue weighted by molar-refractivity contribution is -0.137. The van der Waals surface area contributed by atoms with Crippen LogP contribution in [-0.2, 0) is 11.0 Å². The second-order valence-electron chi connectivity index (χ2n) is 3.93. The van der Waals surface area contributed by atoms with Crippen molar-refractivity contribution in [3.8, 4) is 0 Å². The average molecular weight is 260 g/mol. The van der Waals surface area contributed by atoms with Crippen LogP contribution in [0.5, 0.6) is 0 Å². The Balaban J connectivity index is 2.72. The Kier molecular flexibility index (Phi) is 4.69. The molecule has 0 saturated carbocycles. The fraction of sp³-hybridized carbons (Fsp3) is 0.500. The Morgan fingerprint density at radius 3 is 2.33 bits per heavy atom. The van der Waals surface area contributed by atoms with Crippen molar-refractivity contribution >= 4 is 11.7 Å². The van der Waals surface area contributed by atoms with Crippen molar-refractivity contribution in [1.29, 1.82) is 0 Å². The molecule has 1 aromatic heterocycles. The molecule has 1 rings (SSSR count). The zero-order chi connectivity index (χ0) is 13.8. The van der Waals surface area contributed by atoms with Crippen LogP contribution in [0.4, 0.5) is 19.0 Å². The van der Waals surface area contributed by atoms with Gasteiger partial charge in [0.05, 0.1) is 5.56 Å². The number of amides is 1. The lowest BCUT2D eigenvalue weighted by Gasteiger charge is -2.12. The molecule has 0 saturated heterocycles. The first-order chi connectivity index (χ1) is 8.38. The van der Waals surface area contributed by atoms with E-state index >= 15 is 0 Å². The van der Waals surface area contributed by atoms with Crippen molar-refractivity contribution < 1.29 is 18.0 Å². The van der Waals surface area contributed by atoms with Gasteiger partial charge in [0.15, 0.2) is 0 Å². The molecule has 0 aliphatic rings. The SMILES string of the molecule is CCC(CC)C(=O)Nc1ccc(C(F)(F)F)cn1. The van der Waals surface area contributed by atoms with Crippen LogP contribution in [0.15, 0.2) is 18.3 Å². The number of nitrogens with zero attached hydrogens (tertiary/aromatic N) is 1. The molecule has 0 aromatic carbocycles. The second-order valence-corrected chi connectivity index (χ2v) is 3.93. The van der Waals surface area contributed by atoms with E-state index in [1.807, 2.05) is 13.8 Å². The topological polar surface area (TPSA) is 42.0 Å². The van der Waals surface area contributed by atoms with Crippen LogP contribution >= 0.6 is 0 Å². The number of carbonyl (C=O) groups excluding carboxylic acids is 1. The van der Waals surface area contributed by atoms with Gasteiger partial charge in [0, 0.05) is 12.1 Å². The van der Waals surface area contributed by atoms with Gasteiger partial charge in [0.25, 0.3) is 0 Å². The Hall–Kier alpha value is -1.59. The number of nitrogens with one attached hydrogen (secondary N) is 1. The summed E-state index contributed by atoms with van der Waals surface area (Å²) in [6.45, 7) is 3.77. The number of halogens is 3. The highest BCUT2D eigenvalue weighted by molar-refractivity contribution is 5.91. The zero-order valence-electron chi connectivity index (χ0n) is 10.2. The fourth-order valence-electron chi connectivity index (χ4n) is 1.52. The van der Waals surface area contributed by atoms with Gasteiger partial charge in [-0.05, 0) is 25.0 Å². The number of anilines is 1. The van der Waals surface area contributed by atoms with Gasteiger partial charge in [-0.3, -0.25) is 4.79 Å². The van der Waals surface area contributed by atoms with Crippen molar-refractivity contribution in [1.82, 2.24) is 4.98 Å². The van der Waals surface area contributed by atoms with Gasteiger partial charge in [0.2, 0.25) is 5.91 Å². The molecule has 0 unspecified atom stereocenters. The Morgan fingerprint density at radius 2 is 1.94 bits per heavy atom. The van der Waals surface area contributed by atoms with E-state index in [-0.39, 0.29) is 17.6 Å². The first kappa shape index (κ1) is 14.5. The van der Waals surface area contributed by atoms with Gasteiger partial charge in [-0.2, -0.15) is 13.2 Å². The monoisotopic (exact) mass is 260 g/mol. The van der Waals surface area contributed by atoms with E-state index < -0.39 is 11.7 Å². The summed E-state index contributed by atoms with van der Waals surface area (Å²) >= 11 is 0. The summed E-state index contributed by atoms with van der Waals surface area (Å²) in [5, 5.41) is 2.51. The largest absolute Gasteiger partial charge is 0.417 e. The van der Waals surface area contributed by atoms with Crippen molar-refractivity contribution in [2.45, 2.75) is 32.9 Å². The summed E-state index contributed by atoms with van der Waals surface area (Å²) in [5.41, 5.74) is -0.831. The Labute approximate surface area is 103 Å². The van der Waals surface area contributed by atoms with E-state index in [4.69, 9.17) is 0 Å². The highest BCUT2D eigenvalue weighted by Gasteiger charge is 2.30. The summed E-state index contributed by atoms with van der Waals surface area (Å²) in [6.07, 6.45) is -2.33. The molecule has 18 heavy (non-hydrogen) atoms. The number of hydrogen-bond donors (Lipinski definition) is 1. The molecule has 3 nitrogen and oxygen atoms in total. The fourth-order valence-corrected chi connectivity index (χ4v) is 1.52. The molecule has 1 amide bonds. The Bertz CT molecular complexity index is 397. The number of aromatic nitrogens is 1. The molecule has 1 N–H and O–H groups in total. The Morgan fingerprint density at radius 1 is 1.33 bits per heavy atom. The van der Waals surface area contributed by atoms with Crippen molar-refractivity contribution in [2.24, 2.45) is 5.92 Å². The molecule has 0 fully saturated rings. The van der Waals surface area contributed by atoms with Gasteiger partial charge in [-0.25, -0.2) is 4.98 Å².